The second-order valence-electron chi connectivity index (χ2n) is 4.07. The van der Waals surface area contributed by atoms with Crippen LogP contribution in [0.2, 0.25) is 0 Å². The molecule has 0 aliphatic heterocycles. The fourth-order valence-electron chi connectivity index (χ4n) is 1.33. The van der Waals surface area contributed by atoms with Crippen LogP contribution in [-0.2, 0) is 15.7 Å². The molecule has 1 rings (SSSR count). The molecule has 0 radical (unpaired) electrons. The van der Waals surface area contributed by atoms with Gasteiger partial charge in [-0.25, -0.2) is 4.68 Å². The van der Waals surface area contributed by atoms with E-state index >= 15 is 0 Å². The Bertz CT molecular complexity index is 480. The summed E-state index contributed by atoms with van der Waals surface area (Å²) < 4.78 is 42.6. The van der Waals surface area contributed by atoms with Gasteiger partial charge in [0.15, 0.2) is 0 Å². The first-order valence-corrected chi connectivity index (χ1v) is 6.86. The summed E-state index contributed by atoms with van der Waals surface area (Å²) in [7, 11) is 1.55. The number of hydrogen-bond acceptors (Lipinski definition) is 6. The van der Waals surface area contributed by atoms with E-state index in [0.717, 1.165) is 11.8 Å². The molecule has 0 spiro atoms. The van der Waals surface area contributed by atoms with Crippen LogP contribution in [0, 0.1) is 0 Å². The summed E-state index contributed by atoms with van der Waals surface area (Å²) in [6.07, 6.45) is -4.04. The van der Waals surface area contributed by atoms with Crippen molar-refractivity contribution in [3.63, 3.8) is 0 Å². The van der Waals surface area contributed by atoms with E-state index in [4.69, 9.17) is 10.6 Å². The highest BCUT2D eigenvalue weighted by Gasteiger charge is 2.38. The fraction of sp³-hybridized carbons (Fsp3) is 0.700. The maximum Gasteiger partial charge on any atom is 0.453 e. The number of thioether (sulfide) groups is 1. The van der Waals surface area contributed by atoms with Crippen molar-refractivity contribution in [2.24, 2.45) is 0 Å². The van der Waals surface area contributed by atoms with Crippen LogP contribution < -0.4 is 11.2 Å². The van der Waals surface area contributed by atoms with E-state index in [9.17, 15) is 18.0 Å². The Kier molecular flexibility index (Phi) is 6.27. The third kappa shape index (κ3) is 5.08. The second kappa shape index (κ2) is 7.50. The van der Waals surface area contributed by atoms with Crippen LogP contribution >= 0.6 is 11.8 Å². The van der Waals surface area contributed by atoms with Crippen molar-refractivity contribution in [1.29, 1.82) is 0 Å². The summed E-state index contributed by atoms with van der Waals surface area (Å²) in [5, 5.41) is 8.13. The van der Waals surface area contributed by atoms with Crippen LogP contribution in [0.15, 0.2) is 5.16 Å². The number of methoxy groups -OCH3 is 1. The molecule has 0 saturated heterocycles. The van der Waals surface area contributed by atoms with Crippen molar-refractivity contribution < 1.29 is 22.7 Å². The molecule has 1 atom stereocenters. The molecule has 1 amide bonds. The highest BCUT2D eigenvalue weighted by Crippen LogP contribution is 2.29. The Morgan fingerprint density at radius 1 is 1.52 bits per heavy atom. The number of nitrogens with two attached hydrogens (primary N) is 1. The number of carbonyl (C=O) groups is 1. The van der Waals surface area contributed by atoms with Crippen LogP contribution in [-0.4, -0.2) is 46.3 Å². The van der Waals surface area contributed by atoms with E-state index in [-0.39, 0.29) is 11.1 Å². The summed E-state index contributed by atoms with van der Waals surface area (Å²) >= 11 is 0.800. The molecule has 11 heteroatoms. The molecule has 21 heavy (non-hydrogen) atoms. The Labute approximate surface area is 123 Å². The van der Waals surface area contributed by atoms with Gasteiger partial charge in [0, 0.05) is 20.3 Å². The number of ether oxygens (including phenoxy) is 1. The molecule has 0 fully saturated rings. The number of nitrogens with one attached hydrogen (secondary N) is 1. The zero-order valence-corrected chi connectivity index (χ0v) is 12.3. The third-order valence-corrected chi connectivity index (χ3v) is 3.45. The highest BCUT2D eigenvalue weighted by molar-refractivity contribution is 8.00. The van der Waals surface area contributed by atoms with Gasteiger partial charge in [-0.1, -0.05) is 11.8 Å². The van der Waals surface area contributed by atoms with Crippen molar-refractivity contribution >= 4 is 17.7 Å². The lowest BCUT2D eigenvalue weighted by molar-refractivity contribution is -0.146. The number of alkyl halides is 3. The molecule has 0 aliphatic carbocycles. The van der Waals surface area contributed by atoms with Gasteiger partial charge >= 0.3 is 6.18 Å². The summed E-state index contributed by atoms with van der Waals surface area (Å²) in [6.45, 7) is 2.47. The Hall–Kier alpha value is -1.49. The quantitative estimate of drug-likeness (QED) is 0.434. The van der Waals surface area contributed by atoms with Crippen LogP contribution in [0.25, 0.3) is 0 Å². The molecule has 1 aromatic rings. The van der Waals surface area contributed by atoms with Crippen LogP contribution in [0.3, 0.4) is 0 Å². The standard InChI is InChI=1S/C10H16F3N5O2S/c1-6(7(19)15-4-3-5-20-2)21-9-17-16-8(18(9)14)10(11,12)13/h6H,3-5,14H2,1-2H3,(H,15,19). The summed E-state index contributed by atoms with van der Waals surface area (Å²) in [5.74, 6) is 3.65. The van der Waals surface area contributed by atoms with E-state index < -0.39 is 17.3 Å². The summed E-state index contributed by atoms with van der Waals surface area (Å²) in [6, 6.07) is 0. The first-order valence-electron chi connectivity index (χ1n) is 5.98. The lowest BCUT2D eigenvalue weighted by Crippen LogP contribution is -2.32. The predicted molar refractivity (Wildman–Crippen MR) is 70.0 cm³/mol. The molecule has 0 bridgehead atoms. The topological polar surface area (TPSA) is 95.1 Å². The molecular formula is C10H16F3N5O2S. The highest BCUT2D eigenvalue weighted by atomic mass is 32.2. The van der Waals surface area contributed by atoms with Gasteiger partial charge in [-0.2, -0.15) is 13.2 Å². The number of carbonyl (C=O) groups excluding carboxylic acids is 1. The van der Waals surface area contributed by atoms with Crippen LogP contribution in [0.5, 0.6) is 0 Å². The lowest BCUT2D eigenvalue weighted by atomic mass is 10.4. The Balaban J connectivity index is 2.57. The Morgan fingerprint density at radius 3 is 2.71 bits per heavy atom. The van der Waals surface area contributed by atoms with E-state index in [1.165, 1.54) is 6.92 Å². The van der Waals surface area contributed by atoms with Gasteiger partial charge < -0.3 is 15.9 Å². The first kappa shape index (κ1) is 17.6. The molecule has 1 heterocycles. The van der Waals surface area contributed by atoms with Crippen LogP contribution in [0.4, 0.5) is 13.2 Å². The minimum atomic E-state index is -4.69. The van der Waals surface area contributed by atoms with Gasteiger partial charge in [0.2, 0.25) is 11.1 Å². The van der Waals surface area contributed by atoms with Crippen molar-refractivity contribution in [1.82, 2.24) is 20.2 Å². The first-order chi connectivity index (χ1) is 9.77. The van der Waals surface area contributed by atoms with Gasteiger partial charge in [-0.05, 0) is 13.3 Å². The number of nitrogens with zero attached hydrogens (tertiary/aromatic N) is 3. The minimum Gasteiger partial charge on any atom is -0.385 e. The summed E-state index contributed by atoms with van der Waals surface area (Å²) in [5.41, 5.74) is 0. The zero-order valence-electron chi connectivity index (χ0n) is 11.5. The maximum absolute atomic E-state index is 12.5. The molecule has 0 aromatic carbocycles. The lowest BCUT2D eigenvalue weighted by Gasteiger charge is -2.11. The van der Waals surface area contributed by atoms with Crippen molar-refractivity contribution in [2.45, 2.75) is 29.9 Å². The van der Waals surface area contributed by atoms with E-state index in [0.29, 0.717) is 24.2 Å². The molecule has 1 unspecified atom stereocenters. The molecular weight excluding hydrogens is 311 g/mol. The van der Waals surface area contributed by atoms with Gasteiger partial charge in [-0.15, -0.1) is 10.2 Å². The van der Waals surface area contributed by atoms with Crippen molar-refractivity contribution in [2.75, 3.05) is 26.1 Å². The number of aromatic nitrogens is 3. The predicted octanol–water partition coefficient (Wildman–Crippen LogP) is 0.644. The SMILES string of the molecule is COCCCNC(=O)C(C)Sc1nnc(C(F)(F)F)n1N. The smallest absolute Gasteiger partial charge is 0.385 e. The molecule has 0 aliphatic rings. The van der Waals surface area contributed by atoms with Gasteiger partial charge in [0.05, 0.1) is 5.25 Å². The normalized spacial score (nSPS) is 13.2. The van der Waals surface area contributed by atoms with Gasteiger partial charge in [0.1, 0.15) is 0 Å². The van der Waals surface area contributed by atoms with E-state index in [1.807, 2.05) is 0 Å². The number of nitrogen functional groups attached to an aromatic ring is 1. The zero-order chi connectivity index (χ0) is 16.0. The van der Waals surface area contributed by atoms with E-state index in [2.05, 4.69) is 15.5 Å². The number of halogens is 3. The molecule has 120 valence electrons. The van der Waals surface area contributed by atoms with Crippen LogP contribution in [0.1, 0.15) is 19.2 Å². The van der Waals surface area contributed by atoms with Gasteiger partial charge in [-0.3, -0.25) is 4.79 Å². The summed E-state index contributed by atoms with van der Waals surface area (Å²) in [4.78, 5) is 11.7. The number of rotatable bonds is 7. The molecule has 1 aromatic heterocycles. The van der Waals surface area contributed by atoms with E-state index in [1.54, 1.807) is 7.11 Å². The minimum absolute atomic E-state index is 0.179. The molecule has 7 nitrogen and oxygen atoms in total. The van der Waals surface area contributed by atoms with Gasteiger partial charge in [0.25, 0.3) is 5.82 Å². The monoisotopic (exact) mass is 327 g/mol. The van der Waals surface area contributed by atoms with Crippen molar-refractivity contribution in [3.05, 3.63) is 5.82 Å². The third-order valence-electron chi connectivity index (χ3n) is 2.39. The fourth-order valence-corrected chi connectivity index (χ4v) is 2.13. The average Bonchev–Trinajstić information content (AvgIpc) is 2.75. The number of hydrogen-bond donors (Lipinski definition) is 2. The molecule has 0 saturated carbocycles. The average molecular weight is 327 g/mol. The van der Waals surface area contributed by atoms with Crippen molar-refractivity contribution in [3.8, 4) is 0 Å². The Morgan fingerprint density at radius 2 is 2.19 bits per heavy atom. The maximum atomic E-state index is 12.5. The number of amides is 1. The molecule has 3 N–H and O–H groups in total. The second-order valence-corrected chi connectivity index (χ2v) is 5.38. The largest absolute Gasteiger partial charge is 0.453 e.